The minimum Gasteiger partial charge on any atom is -0.377 e. The molecule has 0 aromatic heterocycles. The van der Waals surface area contributed by atoms with Crippen LogP contribution in [0.3, 0.4) is 0 Å². The number of halogens is 1. The highest BCUT2D eigenvalue weighted by Gasteiger charge is 2.17. The van der Waals surface area contributed by atoms with Crippen molar-refractivity contribution in [3.8, 4) is 6.07 Å². The molecule has 1 heterocycles. The number of ether oxygens (including phenoxy) is 1. The molecule has 3 nitrogen and oxygen atoms in total. The summed E-state index contributed by atoms with van der Waals surface area (Å²) in [6, 6.07) is 7.53. The highest BCUT2D eigenvalue weighted by atomic mass is 35.5. The van der Waals surface area contributed by atoms with Gasteiger partial charge in [-0.15, -0.1) is 0 Å². The van der Waals surface area contributed by atoms with Gasteiger partial charge in [-0.25, -0.2) is 0 Å². The summed E-state index contributed by atoms with van der Waals surface area (Å²) in [5.41, 5.74) is 1.58. The number of rotatable bonds is 1. The number of hydrogen-bond acceptors (Lipinski definition) is 3. The molecule has 0 aliphatic carbocycles. The van der Waals surface area contributed by atoms with Crippen LogP contribution in [0.4, 0.5) is 5.69 Å². The van der Waals surface area contributed by atoms with Crippen LogP contribution < -0.4 is 4.90 Å². The minimum absolute atomic E-state index is 0.212. The van der Waals surface area contributed by atoms with Crippen LogP contribution in [0.15, 0.2) is 18.2 Å². The number of nitrogens with zero attached hydrogens (tertiary/aromatic N) is 2. The van der Waals surface area contributed by atoms with E-state index in [1.165, 1.54) is 0 Å². The van der Waals surface area contributed by atoms with Gasteiger partial charge in [0.05, 0.1) is 28.4 Å². The summed E-state index contributed by atoms with van der Waals surface area (Å²) in [4.78, 5) is 2.22. The second-order valence-electron chi connectivity index (χ2n) is 4.26. The van der Waals surface area contributed by atoms with Crippen LogP contribution in [0.25, 0.3) is 0 Å². The second-order valence-corrected chi connectivity index (χ2v) is 4.67. The zero-order valence-corrected chi connectivity index (χ0v) is 10.6. The Kier molecular flexibility index (Phi) is 3.88. The van der Waals surface area contributed by atoms with Gasteiger partial charge in [0.1, 0.15) is 0 Å². The molecule has 1 aliphatic rings. The van der Waals surface area contributed by atoms with E-state index in [-0.39, 0.29) is 6.10 Å². The van der Waals surface area contributed by atoms with Gasteiger partial charge in [0.25, 0.3) is 0 Å². The van der Waals surface area contributed by atoms with E-state index in [9.17, 15) is 0 Å². The minimum atomic E-state index is 0.212. The molecule has 1 unspecified atom stereocenters. The van der Waals surface area contributed by atoms with E-state index < -0.39 is 0 Å². The average Bonchev–Trinajstić information content (AvgIpc) is 2.53. The molecule has 0 spiro atoms. The Morgan fingerprint density at radius 1 is 1.53 bits per heavy atom. The SMILES string of the molecule is CC1CN(c2ccc(C#N)cc2Cl)CCCO1. The van der Waals surface area contributed by atoms with Gasteiger partial charge >= 0.3 is 0 Å². The van der Waals surface area contributed by atoms with Crippen LogP contribution in [0, 0.1) is 11.3 Å². The number of anilines is 1. The maximum absolute atomic E-state index is 8.81. The maximum atomic E-state index is 8.81. The monoisotopic (exact) mass is 250 g/mol. The van der Waals surface area contributed by atoms with E-state index >= 15 is 0 Å². The van der Waals surface area contributed by atoms with Crippen molar-refractivity contribution in [1.29, 1.82) is 5.26 Å². The van der Waals surface area contributed by atoms with Gasteiger partial charge in [-0.1, -0.05) is 11.6 Å². The molecule has 0 bridgehead atoms. The maximum Gasteiger partial charge on any atom is 0.0992 e. The van der Waals surface area contributed by atoms with Crippen LogP contribution in [0.2, 0.25) is 5.02 Å². The Hall–Kier alpha value is -1.24. The predicted octanol–water partition coefficient (Wildman–Crippen LogP) is 2.83. The van der Waals surface area contributed by atoms with E-state index in [1.807, 2.05) is 6.07 Å². The van der Waals surface area contributed by atoms with Crippen molar-refractivity contribution in [1.82, 2.24) is 0 Å². The fraction of sp³-hybridized carbons (Fsp3) is 0.462. The van der Waals surface area contributed by atoms with Gasteiger partial charge < -0.3 is 9.64 Å². The molecule has 1 aliphatic heterocycles. The van der Waals surface area contributed by atoms with Crippen molar-refractivity contribution in [3.05, 3.63) is 28.8 Å². The molecule has 1 aromatic carbocycles. The van der Waals surface area contributed by atoms with Gasteiger partial charge in [0.15, 0.2) is 0 Å². The quantitative estimate of drug-likeness (QED) is 0.769. The third kappa shape index (κ3) is 2.91. The molecule has 0 radical (unpaired) electrons. The van der Waals surface area contributed by atoms with Crippen LogP contribution in [-0.2, 0) is 4.74 Å². The van der Waals surface area contributed by atoms with Crippen LogP contribution in [0.5, 0.6) is 0 Å². The average molecular weight is 251 g/mol. The van der Waals surface area contributed by atoms with Gasteiger partial charge in [-0.05, 0) is 31.5 Å². The van der Waals surface area contributed by atoms with Gasteiger partial charge in [-0.3, -0.25) is 0 Å². The Bertz CT molecular complexity index is 442. The Morgan fingerprint density at radius 3 is 3.06 bits per heavy atom. The summed E-state index contributed by atoms with van der Waals surface area (Å²) in [6.45, 7) is 4.64. The lowest BCUT2D eigenvalue weighted by molar-refractivity contribution is 0.0821. The zero-order valence-electron chi connectivity index (χ0n) is 9.82. The van der Waals surface area contributed by atoms with Crippen LogP contribution in [-0.4, -0.2) is 25.8 Å². The summed E-state index contributed by atoms with van der Waals surface area (Å²) >= 11 is 6.21. The van der Waals surface area contributed by atoms with Crippen molar-refractivity contribution in [2.24, 2.45) is 0 Å². The lowest BCUT2D eigenvalue weighted by Crippen LogP contribution is -2.30. The number of benzene rings is 1. The molecule has 2 rings (SSSR count). The van der Waals surface area contributed by atoms with E-state index in [4.69, 9.17) is 21.6 Å². The Labute approximate surface area is 107 Å². The first kappa shape index (κ1) is 12.2. The summed E-state index contributed by atoms with van der Waals surface area (Å²) in [5.74, 6) is 0. The van der Waals surface area contributed by atoms with E-state index in [2.05, 4.69) is 17.9 Å². The predicted molar refractivity (Wildman–Crippen MR) is 68.4 cm³/mol. The second kappa shape index (κ2) is 5.39. The van der Waals surface area contributed by atoms with E-state index in [1.54, 1.807) is 12.1 Å². The van der Waals surface area contributed by atoms with Gasteiger partial charge in [0.2, 0.25) is 0 Å². The van der Waals surface area contributed by atoms with Crippen LogP contribution in [0.1, 0.15) is 18.9 Å². The summed E-state index contributed by atoms with van der Waals surface area (Å²) in [6.07, 6.45) is 1.21. The zero-order chi connectivity index (χ0) is 12.3. The topological polar surface area (TPSA) is 36.3 Å². The molecule has 1 aromatic rings. The van der Waals surface area contributed by atoms with Crippen molar-refractivity contribution in [3.63, 3.8) is 0 Å². The van der Waals surface area contributed by atoms with Gasteiger partial charge in [0, 0.05) is 19.7 Å². The summed E-state index contributed by atoms with van der Waals surface area (Å²) in [5, 5.41) is 9.45. The molecular weight excluding hydrogens is 236 g/mol. The lowest BCUT2D eigenvalue weighted by atomic mass is 10.2. The molecule has 0 N–H and O–H groups in total. The molecule has 1 atom stereocenters. The van der Waals surface area contributed by atoms with Crippen molar-refractivity contribution in [2.75, 3.05) is 24.6 Å². The lowest BCUT2D eigenvalue weighted by Gasteiger charge is -2.25. The highest BCUT2D eigenvalue weighted by molar-refractivity contribution is 6.33. The molecule has 0 saturated carbocycles. The molecule has 1 fully saturated rings. The Morgan fingerprint density at radius 2 is 2.35 bits per heavy atom. The highest BCUT2D eigenvalue weighted by Crippen LogP contribution is 2.28. The molecule has 0 amide bonds. The summed E-state index contributed by atoms with van der Waals surface area (Å²) in [7, 11) is 0. The van der Waals surface area contributed by atoms with Crippen LogP contribution >= 0.6 is 11.6 Å². The van der Waals surface area contributed by atoms with Crippen molar-refractivity contribution in [2.45, 2.75) is 19.4 Å². The van der Waals surface area contributed by atoms with E-state index in [0.29, 0.717) is 10.6 Å². The number of hydrogen-bond donors (Lipinski definition) is 0. The molecular formula is C13H15ClN2O. The third-order valence-electron chi connectivity index (χ3n) is 2.87. The molecule has 90 valence electrons. The first-order chi connectivity index (χ1) is 8.20. The first-order valence-corrected chi connectivity index (χ1v) is 6.14. The number of nitriles is 1. The normalized spacial score (nSPS) is 20.8. The smallest absolute Gasteiger partial charge is 0.0992 e. The fourth-order valence-electron chi connectivity index (χ4n) is 2.05. The van der Waals surface area contributed by atoms with E-state index in [0.717, 1.165) is 31.8 Å². The fourth-order valence-corrected chi connectivity index (χ4v) is 2.35. The molecule has 1 saturated heterocycles. The third-order valence-corrected chi connectivity index (χ3v) is 3.17. The molecule has 17 heavy (non-hydrogen) atoms. The standard InChI is InChI=1S/C13H15ClN2O/c1-10-9-16(5-2-6-17-10)13-4-3-11(8-15)7-12(13)14/h3-4,7,10H,2,5-6,9H2,1H3. The van der Waals surface area contributed by atoms with Crippen molar-refractivity contribution < 1.29 is 4.74 Å². The van der Waals surface area contributed by atoms with Crippen molar-refractivity contribution >= 4 is 17.3 Å². The first-order valence-electron chi connectivity index (χ1n) is 5.77. The van der Waals surface area contributed by atoms with Gasteiger partial charge in [-0.2, -0.15) is 5.26 Å². The summed E-state index contributed by atoms with van der Waals surface area (Å²) < 4.78 is 5.60. The largest absolute Gasteiger partial charge is 0.377 e. The molecule has 4 heteroatoms. The Balaban J connectivity index is 2.24.